The largest absolute Gasteiger partial charge is 0.321 e. The molecule has 0 bridgehead atoms. The highest BCUT2D eigenvalue weighted by Crippen LogP contribution is 2.31. The Bertz CT molecular complexity index is 1300. The Morgan fingerprint density at radius 3 is 2.82 bits per heavy atom. The van der Waals surface area contributed by atoms with Crippen LogP contribution in [0.1, 0.15) is 16.1 Å². The molecule has 0 atom stereocenters. The number of hydrogen-bond donors (Lipinski definition) is 2. The third-order valence-corrected chi connectivity index (χ3v) is 7.24. The summed E-state index contributed by atoms with van der Waals surface area (Å²) in [5.74, 6) is -2.89. The molecule has 0 unspecified atom stereocenters. The summed E-state index contributed by atoms with van der Waals surface area (Å²) in [5.41, 5.74) is 3.71. The van der Waals surface area contributed by atoms with Crippen LogP contribution in [0.15, 0.2) is 65.0 Å². The maximum absolute atomic E-state index is 12.9. The summed E-state index contributed by atoms with van der Waals surface area (Å²) in [7, 11) is 0. The quantitative estimate of drug-likeness (QED) is 0.349. The molecular formula is C24H23F2N5OS2. The number of halogens is 2. The second-order valence-corrected chi connectivity index (χ2v) is 9.84. The van der Waals surface area contributed by atoms with E-state index in [0.29, 0.717) is 27.9 Å². The van der Waals surface area contributed by atoms with Gasteiger partial charge in [-0.05, 0) is 24.3 Å². The smallest absolute Gasteiger partial charge is 0.288 e. The van der Waals surface area contributed by atoms with E-state index >= 15 is 0 Å². The van der Waals surface area contributed by atoms with Gasteiger partial charge in [0.1, 0.15) is 0 Å². The zero-order chi connectivity index (χ0) is 23.5. The molecule has 2 aromatic carbocycles. The lowest BCUT2D eigenvalue weighted by molar-refractivity contribution is 0.102. The fraction of sp³-hybridized carbons (Fsp3) is 0.250. The molecule has 2 aromatic heterocycles. The Morgan fingerprint density at radius 1 is 1.18 bits per heavy atom. The minimum atomic E-state index is -2.54. The standard InChI is InChI=1S/C24H23F2N5OS2/c25-23(26)34-18-5-3-4-16(12-18)22(32)28-20-7-2-1-6-19(20)21-14-31-17(15-33-24(31)29-21)13-30-10-8-27-9-11-30/h1-7,12,14-15,23,27H,8-11,13H2,(H,28,32). The third kappa shape index (κ3) is 5.15. The van der Waals surface area contributed by atoms with Gasteiger partial charge in [0.25, 0.3) is 11.7 Å². The topological polar surface area (TPSA) is 61.7 Å². The minimum absolute atomic E-state index is 0.324. The molecule has 1 aliphatic rings. The molecule has 0 saturated carbocycles. The Hall–Kier alpha value is -2.79. The molecule has 10 heteroatoms. The van der Waals surface area contributed by atoms with E-state index in [1.165, 1.54) is 11.8 Å². The Balaban J connectivity index is 1.38. The number of fused-ring (bicyclic) bond motifs is 1. The van der Waals surface area contributed by atoms with Gasteiger partial charge in [-0.3, -0.25) is 14.1 Å². The lowest BCUT2D eigenvalue weighted by atomic mass is 10.1. The zero-order valence-corrected chi connectivity index (χ0v) is 19.8. The van der Waals surface area contributed by atoms with Crippen LogP contribution in [0, 0.1) is 0 Å². The van der Waals surface area contributed by atoms with Crippen LogP contribution in [0.5, 0.6) is 0 Å². The summed E-state index contributed by atoms with van der Waals surface area (Å²) in [5, 5.41) is 8.45. The van der Waals surface area contributed by atoms with Crippen molar-refractivity contribution in [3.8, 4) is 11.3 Å². The van der Waals surface area contributed by atoms with E-state index in [1.807, 2.05) is 30.5 Å². The molecule has 1 amide bonds. The average molecular weight is 500 g/mol. The number of carbonyl (C=O) groups excluding carboxylic acids is 1. The number of para-hydroxylation sites is 1. The normalized spacial score (nSPS) is 14.7. The minimum Gasteiger partial charge on any atom is -0.321 e. The van der Waals surface area contributed by atoms with Crippen molar-refractivity contribution < 1.29 is 13.6 Å². The van der Waals surface area contributed by atoms with Gasteiger partial charge >= 0.3 is 0 Å². The Morgan fingerprint density at radius 2 is 2.00 bits per heavy atom. The monoisotopic (exact) mass is 499 g/mol. The molecule has 6 nitrogen and oxygen atoms in total. The lowest BCUT2D eigenvalue weighted by Crippen LogP contribution is -2.43. The highest BCUT2D eigenvalue weighted by molar-refractivity contribution is 7.99. The molecular weight excluding hydrogens is 476 g/mol. The third-order valence-electron chi connectivity index (χ3n) is 5.65. The van der Waals surface area contributed by atoms with Crippen LogP contribution in [0.4, 0.5) is 14.5 Å². The van der Waals surface area contributed by atoms with Crippen LogP contribution in [-0.4, -0.2) is 52.1 Å². The molecule has 3 heterocycles. The molecule has 4 aromatic rings. The van der Waals surface area contributed by atoms with Crippen LogP contribution < -0.4 is 10.6 Å². The molecule has 34 heavy (non-hydrogen) atoms. The molecule has 0 spiro atoms. The maximum Gasteiger partial charge on any atom is 0.288 e. The number of alkyl halides is 2. The molecule has 0 aliphatic carbocycles. The number of carbonyl (C=O) groups is 1. The summed E-state index contributed by atoms with van der Waals surface area (Å²) < 4.78 is 27.5. The van der Waals surface area contributed by atoms with Crippen molar-refractivity contribution in [2.24, 2.45) is 0 Å². The van der Waals surface area contributed by atoms with Crippen LogP contribution in [0.3, 0.4) is 0 Å². The van der Waals surface area contributed by atoms with Crippen LogP contribution >= 0.6 is 23.1 Å². The van der Waals surface area contributed by atoms with Gasteiger partial charge in [-0.2, -0.15) is 8.78 Å². The number of piperazine rings is 1. The van der Waals surface area contributed by atoms with Crippen molar-refractivity contribution in [2.45, 2.75) is 17.2 Å². The molecule has 1 fully saturated rings. The molecule has 5 rings (SSSR count). The number of amides is 1. The molecule has 176 valence electrons. The first-order valence-electron chi connectivity index (χ1n) is 10.9. The van der Waals surface area contributed by atoms with Gasteiger partial charge < -0.3 is 10.6 Å². The van der Waals surface area contributed by atoms with E-state index in [0.717, 1.165) is 48.9 Å². The molecule has 2 N–H and O–H groups in total. The first-order valence-corrected chi connectivity index (χ1v) is 12.7. The highest BCUT2D eigenvalue weighted by Gasteiger charge is 2.17. The van der Waals surface area contributed by atoms with Crippen molar-refractivity contribution in [1.82, 2.24) is 19.6 Å². The van der Waals surface area contributed by atoms with Gasteiger partial charge in [0.15, 0.2) is 4.96 Å². The van der Waals surface area contributed by atoms with Gasteiger partial charge in [0.05, 0.1) is 11.4 Å². The van der Waals surface area contributed by atoms with Crippen molar-refractivity contribution >= 4 is 39.7 Å². The van der Waals surface area contributed by atoms with Crippen LogP contribution in [-0.2, 0) is 6.54 Å². The first kappa shape index (κ1) is 23.0. The Kier molecular flexibility index (Phi) is 6.91. The Labute approximate surface area is 204 Å². The zero-order valence-electron chi connectivity index (χ0n) is 18.2. The molecule has 1 aliphatic heterocycles. The van der Waals surface area contributed by atoms with E-state index < -0.39 is 5.76 Å². The predicted octanol–water partition coefficient (Wildman–Crippen LogP) is 5.04. The van der Waals surface area contributed by atoms with E-state index in [1.54, 1.807) is 29.5 Å². The summed E-state index contributed by atoms with van der Waals surface area (Å²) in [6.45, 7) is 4.90. The number of thiazole rings is 1. The van der Waals surface area contributed by atoms with Crippen molar-refractivity contribution in [3.05, 3.63) is 71.4 Å². The average Bonchev–Trinajstić information content (AvgIpc) is 3.42. The van der Waals surface area contributed by atoms with Gasteiger partial charge in [-0.1, -0.05) is 36.0 Å². The van der Waals surface area contributed by atoms with Crippen molar-refractivity contribution in [1.29, 1.82) is 0 Å². The van der Waals surface area contributed by atoms with E-state index in [4.69, 9.17) is 4.98 Å². The number of benzene rings is 2. The van der Waals surface area contributed by atoms with Crippen molar-refractivity contribution in [2.75, 3.05) is 31.5 Å². The number of imidazole rings is 1. The second kappa shape index (κ2) is 10.2. The number of anilines is 1. The molecule has 0 radical (unpaired) electrons. The van der Waals surface area contributed by atoms with Gasteiger partial charge in [-0.15, -0.1) is 11.3 Å². The van der Waals surface area contributed by atoms with E-state index in [9.17, 15) is 13.6 Å². The first-order chi connectivity index (χ1) is 16.6. The van der Waals surface area contributed by atoms with Crippen molar-refractivity contribution in [3.63, 3.8) is 0 Å². The van der Waals surface area contributed by atoms with E-state index in [2.05, 4.69) is 25.3 Å². The molecule has 1 saturated heterocycles. The van der Waals surface area contributed by atoms with Gasteiger partial charge in [0.2, 0.25) is 0 Å². The second-order valence-electron chi connectivity index (χ2n) is 7.94. The number of nitrogens with one attached hydrogen (secondary N) is 2. The van der Waals surface area contributed by atoms with Crippen LogP contribution in [0.2, 0.25) is 0 Å². The fourth-order valence-corrected chi connectivity index (χ4v) is 5.42. The number of aromatic nitrogens is 2. The summed E-state index contributed by atoms with van der Waals surface area (Å²) in [4.78, 5) is 21.4. The van der Waals surface area contributed by atoms with Gasteiger partial charge in [0, 0.05) is 66.0 Å². The maximum atomic E-state index is 12.9. The van der Waals surface area contributed by atoms with Crippen LogP contribution in [0.25, 0.3) is 16.2 Å². The van der Waals surface area contributed by atoms with E-state index in [-0.39, 0.29) is 5.91 Å². The number of hydrogen-bond acceptors (Lipinski definition) is 6. The SMILES string of the molecule is O=C(Nc1ccccc1-c1cn2c(CN3CCNCC3)csc2n1)c1cccc(SC(F)F)c1. The number of thioether (sulfide) groups is 1. The fourth-order valence-electron chi connectivity index (χ4n) is 3.99. The number of nitrogens with zero attached hydrogens (tertiary/aromatic N) is 3. The predicted molar refractivity (Wildman–Crippen MR) is 133 cm³/mol. The number of rotatable bonds is 7. The summed E-state index contributed by atoms with van der Waals surface area (Å²) >= 11 is 2.02. The summed E-state index contributed by atoms with van der Waals surface area (Å²) in [6, 6.07) is 13.7. The van der Waals surface area contributed by atoms with Gasteiger partial charge in [-0.25, -0.2) is 4.98 Å². The highest BCUT2D eigenvalue weighted by atomic mass is 32.2. The summed E-state index contributed by atoms with van der Waals surface area (Å²) in [6.07, 6.45) is 2.01. The lowest BCUT2D eigenvalue weighted by Gasteiger charge is -2.26.